The summed E-state index contributed by atoms with van der Waals surface area (Å²) in [5, 5.41) is 0.485. The molecule has 1 amide bonds. The molecular formula is C17H26N4O4S. The highest BCUT2D eigenvalue weighted by atomic mass is 32.1. The summed E-state index contributed by atoms with van der Waals surface area (Å²) in [6, 6.07) is 0. The number of aryl methyl sites for hydroxylation is 1. The van der Waals surface area contributed by atoms with Crippen molar-refractivity contribution in [1.82, 2.24) is 19.8 Å². The zero-order valence-electron chi connectivity index (χ0n) is 15.9. The van der Waals surface area contributed by atoms with Crippen LogP contribution in [0, 0.1) is 6.92 Å². The highest BCUT2D eigenvalue weighted by Gasteiger charge is 2.23. The molecule has 2 aromatic rings. The van der Waals surface area contributed by atoms with E-state index in [1.54, 1.807) is 26.0 Å². The fraction of sp³-hybridized carbons (Fsp3) is 0.588. The molecule has 1 N–H and O–H groups in total. The van der Waals surface area contributed by atoms with Crippen LogP contribution in [-0.4, -0.2) is 80.3 Å². The fourth-order valence-electron chi connectivity index (χ4n) is 2.63. The third-order valence-electron chi connectivity index (χ3n) is 3.93. The van der Waals surface area contributed by atoms with Crippen molar-refractivity contribution in [1.29, 1.82) is 0 Å². The number of fused-ring (bicyclic) bond motifs is 1. The fourth-order valence-corrected chi connectivity index (χ4v) is 3.80. The SMILES string of the molecule is COCCN(CCOC)C(=O)c1sc2nc(CN(C)C)[nH]c(=O)c2c1C. The van der Waals surface area contributed by atoms with Gasteiger partial charge in [0.25, 0.3) is 11.5 Å². The van der Waals surface area contributed by atoms with Crippen LogP contribution < -0.4 is 5.56 Å². The first-order valence-electron chi connectivity index (χ1n) is 8.33. The summed E-state index contributed by atoms with van der Waals surface area (Å²) in [5.74, 6) is 0.455. The first kappa shape index (κ1) is 20.5. The Labute approximate surface area is 156 Å². The minimum absolute atomic E-state index is 0.131. The first-order chi connectivity index (χ1) is 12.4. The lowest BCUT2D eigenvalue weighted by molar-refractivity contribution is 0.0631. The highest BCUT2D eigenvalue weighted by molar-refractivity contribution is 7.20. The Morgan fingerprint density at radius 3 is 2.35 bits per heavy atom. The smallest absolute Gasteiger partial charge is 0.264 e. The third-order valence-corrected chi connectivity index (χ3v) is 5.10. The van der Waals surface area contributed by atoms with Crippen molar-refractivity contribution in [2.24, 2.45) is 0 Å². The van der Waals surface area contributed by atoms with Crippen LogP contribution in [0.4, 0.5) is 0 Å². The highest BCUT2D eigenvalue weighted by Crippen LogP contribution is 2.28. The van der Waals surface area contributed by atoms with Gasteiger partial charge in [-0.1, -0.05) is 0 Å². The molecule has 0 radical (unpaired) electrons. The number of nitrogens with zero attached hydrogens (tertiary/aromatic N) is 3. The quantitative estimate of drug-likeness (QED) is 0.699. The van der Waals surface area contributed by atoms with Gasteiger partial charge in [-0.15, -0.1) is 11.3 Å². The van der Waals surface area contributed by atoms with E-state index in [2.05, 4.69) is 9.97 Å². The number of ether oxygens (including phenoxy) is 2. The number of amides is 1. The number of hydrogen-bond donors (Lipinski definition) is 1. The second kappa shape index (κ2) is 9.22. The lowest BCUT2D eigenvalue weighted by atomic mass is 10.2. The van der Waals surface area contributed by atoms with E-state index in [1.807, 2.05) is 19.0 Å². The number of nitrogens with one attached hydrogen (secondary N) is 1. The second-order valence-corrected chi connectivity index (χ2v) is 7.26. The van der Waals surface area contributed by atoms with E-state index < -0.39 is 0 Å². The topological polar surface area (TPSA) is 87.8 Å². The Kier molecular flexibility index (Phi) is 7.27. The summed E-state index contributed by atoms with van der Waals surface area (Å²) in [6.07, 6.45) is 0. The molecule has 0 spiro atoms. The van der Waals surface area contributed by atoms with Crippen molar-refractivity contribution in [3.8, 4) is 0 Å². The van der Waals surface area contributed by atoms with Gasteiger partial charge < -0.3 is 24.3 Å². The summed E-state index contributed by atoms with van der Waals surface area (Å²) in [4.78, 5) is 37.5. The number of carbonyl (C=O) groups is 1. The number of H-pyrrole nitrogens is 1. The van der Waals surface area contributed by atoms with Gasteiger partial charge in [0.1, 0.15) is 10.7 Å². The molecule has 26 heavy (non-hydrogen) atoms. The van der Waals surface area contributed by atoms with Crippen molar-refractivity contribution in [2.45, 2.75) is 13.5 Å². The molecule has 0 fully saturated rings. The molecule has 144 valence electrons. The largest absolute Gasteiger partial charge is 0.383 e. The molecule has 0 saturated heterocycles. The monoisotopic (exact) mass is 382 g/mol. The molecule has 8 nitrogen and oxygen atoms in total. The molecule has 0 aromatic carbocycles. The number of rotatable bonds is 9. The summed E-state index contributed by atoms with van der Waals surface area (Å²) < 4.78 is 10.2. The summed E-state index contributed by atoms with van der Waals surface area (Å²) in [5.41, 5.74) is 0.458. The van der Waals surface area contributed by atoms with Crippen molar-refractivity contribution in [2.75, 3.05) is 54.6 Å². The predicted molar refractivity (Wildman–Crippen MR) is 102 cm³/mol. The second-order valence-electron chi connectivity index (χ2n) is 6.26. The van der Waals surface area contributed by atoms with E-state index in [1.165, 1.54) is 11.3 Å². The summed E-state index contributed by atoms with van der Waals surface area (Å²) >= 11 is 1.26. The van der Waals surface area contributed by atoms with Crippen LogP contribution in [0.1, 0.15) is 21.1 Å². The van der Waals surface area contributed by atoms with Crippen LogP contribution in [0.2, 0.25) is 0 Å². The molecule has 0 saturated carbocycles. The maximum atomic E-state index is 13.0. The van der Waals surface area contributed by atoms with Crippen LogP contribution in [0.5, 0.6) is 0 Å². The number of aromatic nitrogens is 2. The maximum Gasteiger partial charge on any atom is 0.264 e. The average Bonchev–Trinajstić information content (AvgIpc) is 2.91. The average molecular weight is 382 g/mol. The normalized spacial score (nSPS) is 11.5. The van der Waals surface area contributed by atoms with Gasteiger partial charge in [0.15, 0.2) is 0 Å². The van der Waals surface area contributed by atoms with Gasteiger partial charge in [0.2, 0.25) is 0 Å². The van der Waals surface area contributed by atoms with E-state index in [0.29, 0.717) is 59.3 Å². The van der Waals surface area contributed by atoms with Gasteiger partial charge in [-0.3, -0.25) is 9.59 Å². The van der Waals surface area contributed by atoms with Crippen molar-refractivity contribution < 1.29 is 14.3 Å². The van der Waals surface area contributed by atoms with Crippen molar-refractivity contribution >= 4 is 27.5 Å². The molecule has 2 rings (SSSR count). The van der Waals surface area contributed by atoms with E-state index in [0.717, 1.165) is 0 Å². The van der Waals surface area contributed by atoms with Gasteiger partial charge in [0, 0.05) is 27.3 Å². The molecule has 0 aliphatic rings. The molecule has 2 aromatic heterocycles. The van der Waals surface area contributed by atoms with E-state index in [9.17, 15) is 9.59 Å². The van der Waals surface area contributed by atoms with Crippen LogP contribution >= 0.6 is 11.3 Å². The summed E-state index contributed by atoms with van der Waals surface area (Å²) in [6.45, 7) is 4.11. The van der Waals surface area contributed by atoms with Crippen molar-refractivity contribution in [3.05, 3.63) is 26.6 Å². The lowest BCUT2D eigenvalue weighted by Gasteiger charge is -2.21. The zero-order valence-corrected chi connectivity index (χ0v) is 16.7. The first-order valence-corrected chi connectivity index (χ1v) is 9.14. The van der Waals surface area contributed by atoms with Crippen LogP contribution in [0.25, 0.3) is 10.2 Å². The predicted octanol–water partition coefficient (Wildman–Crippen LogP) is 1.09. The number of aromatic amines is 1. The molecule has 0 atom stereocenters. The molecular weight excluding hydrogens is 356 g/mol. The molecule has 9 heteroatoms. The Balaban J connectivity index is 2.41. The Morgan fingerprint density at radius 2 is 1.81 bits per heavy atom. The molecule has 0 bridgehead atoms. The van der Waals surface area contributed by atoms with Crippen LogP contribution in [0.15, 0.2) is 4.79 Å². The third kappa shape index (κ3) is 4.67. The Morgan fingerprint density at radius 1 is 1.19 bits per heavy atom. The van der Waals surface area contributed by atoms with Gasteiger partial charge in [-0.25, -0.2) is 4.98 Å². The maximum absolute atomic E-state index is 13.0. The standard InChI is InChI=1S/C17H26N4O4S/c1-11-13-15(22)18-12(10-20(2)3)19-16(13)26-14(11)17(23)21(6-8-24-4)7-9-25-5/h6-10H2,1-5H3,(H,18,19,22). The van der Waals surface area contributed by atoms with Crippen LogP contribution in [-0.2, 0) is 16.0 Å². The molecule has 0 aliphatic heterocycles. The molecule has 0 unspecified atom stereocenters. The van der Waals surface area contributed by atoms with Crippen molar-refractivity contribution in [3.63, 3.8) is 0 Å². The van der Waals surface area contributed by atoms with Gasteiger partial charge in [0.05, 0.1) is 30.0 Å². The number of methoxy groups -OCH3 is 2. The summed E-state index contributed by atoms with van der Waals surface area (Å²) in [7, 11) is 7.00. The zero-order chi connectivity index (χ0) is 19.3. The number of thiophene rings is 1. The van der Waals surface area contributed by atoms with Gasteiger partial charge in [-0.05, 0) is 26.6 Å². The minimum atomic E-state index is -0.208. The van der Waals surface area contributed by atoms with Crippen LogP contribution in [0.3, 0.4) is 0 Å². The Hall–Kier alpha value is -1.81. The molecule has 0 aliphatic carbocycles. The van der Waals surface area contributed by atoms with Gasteiger partial charge >= 0.3 is 0 Å². The Bertz CT molecular complexity index is 807. The lowest BCUT2D eigenvalue weighted by Crippen LogP contribution is -2.36. The van der Waals surface area contributed by atoms with E-state index >= 15 is 0 Å². The van der Waals surface area contributed by atoms with Gasteiger partial charge in [-0.2, -0.15) is 0 Å². The minimum Gasteiger partial charge on any atom is -0.383 e. The number of carbonyl (C=O) groups excluding carboxylic acids is 1. The number of hydrogen-bond acceptors (Lipinski definition) is 7. The van der Waals surface area contributed by atoms with E-state index in [4.69, 9.17) is 9.47 Å². The van der Waals surface area contributed by atoms with E-state index in [-0.39, 0.29) is 11.5 Å². The molecule has 2 heterocycles.